The predicted molar refractivity (Wildman–Crippen MR) is 45.6 cm³/mol. The molecule has 1 heterocycles. The average molecular weight is 229 g/mol. The van der Waals surface area contributed by atoms with E-state index in [4.69, 9.17) is 17.3 Å². The van der Waals surface area contributed by atoms with Crippen LogP contribution in [0.2, 0.25) is 5.02 Å². The van der Waals surface area contributed by atoms with E-state index in [2.05, 4.69) is 4.98 Å². The fraction of sp³-hybridized carbons (Fsp3) is 0.167. The molecule has 0 atom stereocenters. The third-order valence-corrected chi connectivity index (χ3v) is 2.07. The number of rotatable bonds is 1. The quantitative estimate of drug-likeness (QED) is 0.751. The fourth-order valence-corrected chi connectivity index (χ4v) is 1.40. The molecule has 0 aliphatic heterocycles. The molecule has 0 bridgehead atoms. The lowest BCUT2D eigenvalue weighted by Crippen LogP contribution is -2.00. The fourth-order valence-electron chi connectivity index (χ4n) is 0.620. The van der Waals surface area contributed by atoms with Crippen molar-refractivity contribution in [3.8, 4) is 0 Å². The second kappa shape index (κ2) is 3.63. The van der Waals surface area contributed by atoms with E-state index in [-0.39, 0.29) is 27.5 Å². The molecule has 1 rings (SSSR count). The normalized spacial score (nSPS) is 11.7. The summed E-state index contributed by atoms with van der Waals surface area (Å²) in [4.78, 5) is 3.41. The van der Waals surface area contributed by atoms with E-state index in [0.717, 1.165) is 12.3 Å². The maximum absolute atomic E-state index is 11.8. The molecule has 0 aliphatic rings. The van der Waals surface area contributed by atoms with Gasteiger partial charge in [0.2, 0.25) is 0 Å². The van der Waals surface area contributed by atoms with E-state index in [1.165, 1.54) is 0 Å². The van der Waals surface area contributed by atoms with Gasteiger partial charge >= 0.3 is 5.51 Å². The Morgan fingerprint density at radius 2 is 2.08 bits per heavy atom. The first-order valence-corrected chi connectivity index (χ1v) is 4.25. The molecule has 2 nitrogen and oxygen atoms in total. The molecule has 1 aromatic heterocycles. The highest BCUT2D eigenvalue weighted by Crippen LogP contribution is 2.37. The summed E-state index contributed by atoms with van der Waals surface area (Å²) in [6.07, 6.45) is 1.03. The Hall–Kier alpha value is -0.620. The van der Waals surface area contributed by atoms with E-state index >= 15 is 0 Å². The van der Waals surface area contributed by atoms with Crippen LogP contribution >= 0.6 is 23.4 Å². The summed E-state index contributed by atoms with van der Waals surface area (Å²) < 4.78 is 35.5. The van der Waals surface area contributed by atoms with Crippen LogP contribution in [-0.2, 0) is 0 Å². The van der Waals surface area contributed by atoms with Crippen LogP contribution in [0.1, 0.15) is 0 Å². The maximum atomic E-state index is 11.8. The maximum Gasteiger partial charge on any atom is 0.446 e. The predicted octanol–water partition coefficient (Wildman–Crippen LogP) is 2.93. The van der Waals surface area contributed by atoms with Crippen LogP contribution in [0, 0.1) is 0 Å². The molecule has 0 fully saturated rings. The second-order valence-electron chi connectivity index (χ2n) is 2.09. The monoisotopic (exact) mass is 228 g/mol. The molecule has 7 heteroatoms. The minimum Gasteiger partial charge on any atom is -0.382 e. The summed E-state index contributed by atoms with van der Waals surface area (Å²) in [7, 11) is 0. The van der Waals surface area contributed by atoms with Gasteiger partial charge in [0, 0.05) is 11.1 Å². The molecule has 0 saturated carbocycles. The van der Waals surface area contributed by atoms with Gasteiger partial charge in [-0.15, -0.1) is 0 Å². The number of pyridine rings is 1. The molecular formula is C6H4ClF3N2S. The second-order valence-corrected chi connectivity index (χ2v) is 3.63. The van der Waals surface area contributed by atoms with Gasteiger partial charge in [0.05, 0.1) is 5.02 Å². The Morgan fingerprint density at radius 3 is 2.54 bits per heavy atom. The van der Waals surface area contributed by atoms with Crippen molar-refractivity contribution in [1.29, 1.82) is 0 Å². The summed E-state index contributed by atoms with van der Waals surface area (Å²) in [5.74, 6) is 0.0215. The first-order chi connectivity index (χ1) is 5.88. The molecule has 1 aromatic rings. The minimum atomic E-state index is -4.33. The summed E-state index contributed by atoms with van der Waals surface area (Å²) in [5, 5.41) is 0.0225. The highest BCUT2D eigenvalue weighted by molar-refractivity contribution is 8.00. The van der Waals surface area contributed by atoms with Crippen LogP contribution in [0.5, 0.6) is 0 Å². The molecule has 0 amide bonds. The molecule has 2 N–H and O–H groups in total. The van der Waals surface area contributed by atoms with Crippen molar-refractivity contribution >= 4 is 29.2 Å². The molecular weight excluding hydrogens is 225 g/mol. The zero-order chi connectivity index (χ0) is 10.1. The van der Waals surface area contributed by atoms with Gasteiger partial charge in [0.15, 0.2) is 0 Å². The Balaban J connectivity index is 2.86. The third kappa shape index (κ3) is 3.31. The van der Waals surface area contributed by atoms with Crippen LogP contribution in [0.15, 0.2) is 17.2 Å². The molecule has 0 spiro atoms. The molecule has 13 heavy (non-hydrogen) atoms. The number of anilines is 1. The number of halogens is 4. The van der Waals surface area contributed by atoms with Gasteiger partial charge in [-0.2, -0.15) is 13.2 Å². The largest absolute Gasteiger partial charge is 0.446 e. The zero-order valence-corrected chi connectivity index (χ0v) is 7.67. The van der Waals surface area contributed by atoms with Gasteiger partial charge in [0.25, 0.3) is 0 Å². The summed E-state index contributed by atoms with van der Waals surface area (Å²) >= 11 is 5.20. The number of thioether (sulfide) groups is 1. The van der Waals surface area contributed by atoms with Crippen molar-refractivity contribution in [3.05, 3.63) is 17.3 Å². The topological polar surface area (TPSA) is 38.9 Å². The molecule has 0 saturated heterocycles. The van der Waals surface area contributed by atoms with Crippen molar-refractivity contribution < 1.29 is 13.2 Å². The summed E-state index contributed by atoms with van der Waals surface area (Å²) in [6.45, 7) is 0. The number of hydrogen-bond donors (Lipinski definition) is 1. The van der Waals surface area contributed by atoms with Crippen LogP contribution < -0.4 is 5.73 Å². The van der Waals surface area contributed by atoms with Gasteiger partial charge in [-0.1, -0.05) is 11.6 Å². The van der Waals surface area contributed by atoms with Crippen molar-refractivity contribution in [2.24, 2.45) is 0 Å². The van der Waals surface area contributed by atoms with E-state index in [1.54, 1.807) is 0 Å². The number of nitrogens with zero attached hydrogens (tertiary/aromatic N) is 1. The Labute approximate surface area is 81.3 Å². The Kier molecular flexibility index (Phi) is 2.92. The molecule has 0 unspecified atom stereocenters. The van der Waals surface area contributed by atoms with Crippen LogP contribution in [-0.4, -0.2) is 10.5 Å². The lowest BCUT2D eigenvalue weighted by atomic mass is 10.5. The van der Waals surface area contributed by atoms with E-state index < -0.39 is 5.51 Å². The number of nitrogen functional groups attached to an aromatic ring is 1. The Bertz CT molecular complexity index is 315. The van der Waals surface area contributed by atoms with Gasteiger partial charge in [-0.25, -0.2) is 4.98 Å². The SMILES string of the molecule is Nc1ncc(SC(F)(F)F)cc1Cl. The summed E-state index contributed by atoms with van der Waals surface area (Å²) in [6, 6.07) is 1.13. The highest BCUT2D eigenvalue weighted by Gasteiger charge is 2.29. The minimum absolute atomic E-state index is 0.0215. The van der Waals surface area contributed by atoms with Crippen molar-refractivity contribution in [2.45, 2.75) is 10.4 Å². The van der Waals surface area contributed by atoms with Crippen molar-refractivity contribution in [2.75, 3.05) is 5.73 Å². The lowest BCUT2D eigenvalue weighted by molar-refractivity contribution is -0.0328. The highest BCUT2D eigenvalue weighted by atomic mass is 35.5. The third-order valence-electron chi connectivity index (χ3n) is 1.08. The molecule has 72 valence electrons. The zero-order valence-electron chi connectivity index (χ0n) is 6.10. The summed E-state index contributed by atoms with van der Waals surface area (Å²) in [5.41, 5.74) is 0.887. The number of hydrogen-bond acceptors (Lipinski definition) is 3. The van der Waals surface area contributed by atoms with Gasteiger partial charge in [-0.05, 0) is 17.8 Å². The Morgan fingerprint density at radius 1 is 1.46 bits per heavy atom. The smallest absolute Gasteiger partial charge is 0.382 e. The van der Waals surface area contributed by atoms with Crippen LogP contribution in [0.25, 0.3) is 0 Å². The number of nitrogens with two attached hydrogens (primary N) is 1. The molecule has 0 radical (unpaired) electrons. The van der Waals surface area contributed by atoms with Gasteiger partial charge in [0.1, 0.15) is 5.82 Å². The molecule has 0 aromatic carbocycles. The van der Waals surface area contributed by atoms with Crippen LogP contribution in [0.3, 0.4) is 0 Å². The average Bonchev–Trinajstić information content (AvgIpc) is 1.94. The number of alkyl halides is 3. The van der Waals surface area contributed by atoms with E-state index in [9.17, 15) is 13.2 Å². The van der Waals surface area contributed by atoms with E-state index in [0.29, 0.717) is 0 Å². The van der Waals surface area contributed by atoms with Crippen LogP contribution in [0.4, 0.5) is 19.0 Å². The van der Waals surface area contributed by atoms with Gasteiger partial charge < -0.3 is 5.73 Å². The number of aromatic nitrogens is 1. The van der Waals surface area contributed by atoms with E-state index in [1.807, 2.05) is 0 Å². The first-order valence-electron chi connectivity index (χ1n) is 3.05. The van der Waals surface area contributed by atoms with Crippen molar-refractivity contribution in [1.82, 2.24) is 4.98 Å². The molecule has 0 aliphatic carbocycles. The first kappa shape index (κ1) is 10.5. The standard InChI is InChI=1S/C6H4ClF3N2S/c7-4-1-3(2-12-5(4)11)13-6(8,9)10/h1-2H,(H2,11,12). The van der Waals surface area contributed by atoms with Crippen molar-refractivity contribution in [3.63, 3.8) is 0 Å². The van der Waals surface area contributed by atoms with Gasteiger partial charge in [-0.3, -0.25) is 0 Å². The lowest BCUT2D eigenvalue weighted by Gasteiger charge is -2.05.